The Morgan fingerprint density at radius 1 is 1.44 bits per heavy atom. The molecule has 0 bridgehead atoms. The minimum Gasteiger partial charge on any atom is -0.503 e. The molecule has 0 unspecified atom stereocenters. The van der Waals surface area contributed by atoms with Crippen LogP contribution in [0.4, 0.5) is 5.69 Å². The number of benzene rings is 1. The number of esters is 1. The molecular formula is C11H13NO4. The van der Waals surface area contributed by atoms with Crippen molar-refractivity contribution >= 4 is 17.7 Å². The number of carbonyl (C=O) groups is 1. The van der Waals surface area contributed by atoms with Gasteiger partial charge in [-0.05, 0) is 23.8 Å². The first-order valence-electron chi connectivity index (χ1n) is 4.51. The third-order valence-corrected chi connectivity index (χ3v) is 1.96. The maximum absolute atomic E-state index is 10.9. The van der Waals surface area contributed by atoms with Crippen LogP contribution in [0.3, 0.4) is 0 Å². The molecule has 5 nitrogen and oxygen atoms in total. The van der Waals surface area contributed by atoms with Crippen LogP contribution < -0.4 is 10.5 Å². The molecule has 0 aliphatic rings. The zero-order valence-corrected chi connectivity index (χ0v) is 9.06. The Kier molecular flexibility index (Phi) is 3.77. The molecule has 0 amide bonds. The first-order valence-corrected chi connectivity index (χ1v) is 4.51. The third kappa shape index (κ3) is 2.66. The normalized spacial score (nSPS) is 10.4. The van der Waals surface area contributed by atoms with E-state index in [0.717, 1.165) is 0 Å². The number of rotatable bonds is 3. The molecule has 86 valence electrons. The first kappa shape index (κ1) is 11.9. The number of nitrogens with two attached hydrogens (primary N) is 1. The van der Waals surface area contributed by atoms with Crippen molar-refractivity contribution in [2.45, 2.75) is 0 Å². The Morgan fingerprint density at radius 2 is 2.12 bits per heavy atom. The molecule has 5 heteroatoms. The standard InChI is InChI=1S/C11H13NO4/c1-15-9-6-7(3-4-10(13)16-2)5-8(12)11(9)14/h3-6,14H,12H2,1-2H3/b4-3+. The zero-order chi connectivity index (χ0) is 12.1. The van der Waals surface area contributed by atoms with Crippen molar-refractivity contribution < 1.29 is 19.4 Å². The van der Waals surface area contributed by atoms with E-state index in [2.05, 4.69) is 4.74 Å². The molecule has 16 heavy (non-hydrogen) atoms. The number of ether oxygens (including phenoxy) is 2. The van der Waals surface area contributed by atoms with Gasteiger partial charge in [-0.1, -0.05) is 0 Å². The van der Waals surface area contributed by atoms with Gasteiger partial charge in [-0.2, -0.15) is 0 Å². The van der Waals surface area contributed by atoms with E-state index < -0.39 is 5.97 Å². The van der Waals surface area contributed by atoms with E-state index in [-0.39, 0.29) is 17.2 Å². The average molecular weight is 223 g/mol. The molecule has 1 aromatic carbocycles. The van der Waals surface area contributed by atoms with E-state index in [4.69, 9.17) is 10.5 Å². The number of anilines is 1. The van der Waals surface area contributed by atoms with Crippen molar-refractivity contribution in [1.82, 2.24) is 0 Å². The fraction of sp³-hybridized carbons (Fsp3) is 0.182. The van der Waals surface area contributed by atoms with Crippen LogP contribution >= 0.6 is 0 Å². The molecule has 0 atom stereocenters. The minimum atomic E-state index is -0.467. The van der Waals surface area contributed by atoms with Gasteiger partial charge in [-0.25, -0.2) is 4.79 Å². The molecule has 1 aromatic rings. The highest BCUT2D eigenvalue weighted by Crippen LogP contribution is 2.33. The van der Waals surface area contributed by atoms with Crippen molar-refractivity contribution in [2.75, 3.05) is 20.0 Å². The quantitative estimate of drug-likeness (QED) is 0.348. The highest BCUT2D eigenvalue weighted by atomic mass is 16.5. The van der Waals surface area contributed by atoms with Gasteiger partial charge in [0.1, 0.15) is 0 Å². The monoisotopic (exact) mass is 223 g/mol. The highest BCUT2D eigenvalue weighted by molar-refractivity contribution is 5.87. The summed E-state index contributed by atoms with van der Waals surface area (Å²) in [4.78, 5) is 10.9. The van der Waals surface area contributed by atoms with E-state index >= 15 is 0 Å². The van der Waals surface area contributed by atoms with Crippen molar-refractivity contribution in [1.29, 1.82) is 0 Å². The topological polar surface area (TPSA) is 81.8 Å². The highest BCUT2D eigenvalue weighted by Gasteiger charge is 2.06. The number of methoxy groups -OCH3 is 2. The second kappa shape index (κ2) is 5.06. The van der Waals surface area contributed by atoms with E-state index in [1.54, 1.807) is 6.07 Å². The number of phenolic OH excluding ortho intramolecular Hbond substituents is 1. The van der Waals surface area contributed by atoms with Crippen molar-refractivity contribution in [3.8, 4) is 11.5 Å². The third-order valence-electron chi connectivity index (χ3n) is 1.96. The number of phenols is 1. The summed E-state index contributed by atoms with van der Waals surface area (Å²) in [6.07, 6.45) is 2.77. The summed E-state index contributed by atoms with van der Waals surface area (Å²) in [5, 5.41) is 9.48. The van der Waals surface area contributed by atoms with Gasteiger partial charge < -0.3 is 20.3 Å². The predicted molar refractivity (Wildman–Crippen MR) is 60.1 cm³/mol. The second-order valence-electron chi connectivity index (χ2n) is 3.02. The van der Waals surface area contributed by atoms with E-state index in [1.807, 2.05) is 0 Å². The SMILES string of the molecule is COC(=O)/C=C/c1cc(N)c(O)c(OC)c1. The summed E-state index contributed by atoms with van der Waals surface area (Å²) in [7, 11) is 2.71. The number of nitrogen functional groups attached to an aromatic ring is 1. The van der Waals surface area contributed by atoms with Crippen LogP contribution in [0.5, 0.6) is 11.5 Å². The Morgan fingerprint density at radius 3 is 2.69 bits per heavy atom. The van der Waals surface area contributed by atoms with Gasteiger partial charge in [0.05, 0.1) is 19.9 Å². The molecule has 3 N–H and O–H groups in total. The molecule has 0 aliphatic carbocycles. The molecule has 0 radical (unpaired) electrons. The maximum atomic E-state index is 10.9. The Labute approximate surface area is 93.1 Å². The summed E-state index contributed by atoms with van der Waals surface area (Å²) in [6.45, 7) is 0. The first-order chi connectivity index (χ1) is 7.58. The van der Waals surface area contributed by atoms with Crippen molar-refractivity contribution in [2.24, 2.45) is 0 Å². The van der Waals surface area contributed by atoms with Crippen LogP contribution in [-0.2, 0) is 9.53 Å². The molecule has 1 rings (SSSR count). The van der Waals surface area contributed by atoms with Crippen LogP contribution in [0.2, 0.25) is 0 Å². The number of aromatic hydroxyl groups is 1. The lowest BCUT2D eigenvalue weighted by Gasteiger charge is -2.07. The van der Waals surface area contributed by atoms with Crippen molar-refractivity contribution in [3.05, 3.63) is 23.8 Å². The van der Waals surface area contributed by atoms with E-state index in [0.29, 0.717) is 5.56 Å². The molecule has 0 heterocycles. The second-order valence-corrected chi connectivity index (χ2v) is 3.02. The lowest BCUT2D eigenvalue weighted by atomic mass is 10.1. The van der Waals surface area contributed by atoms with Gasteiger partial charge in [0.2, 0.25) is 0 Å². The van der Waals surface area contributed by atoms with Gasteiger partial charge in [0.15, 0.2) is 11.5 Å². The van der Waals surface area contributed by atoms with Gasteiger partial charge in [0, 0.05) is 6.08 Å². The summed E-state index contributed by atoms with van der Waals surface area (Å²) < 4.78 is 9.36. The zero-order valence-electron chi connectivity index (χ0n) is 9.06. The summed E-state index contributed by atoms with van der Waals surface area (Å²) in [5.74, 6) is -0.326. The minimum absolute atomic E-state index is 0.113. The fourth-order valence-electron chi connectivity index (χ4n) is 1.14. The maximum Gasteiger partial charge on any atom is 0.330 e. The van der Waals surface area contributed by atoms with Crippen LogP contribution in [0.25, 0.3) is 6.08 Å². The molecule has 0 fully saturated rings. The molecule has 0 aromatic heterocycles. The van der Waals surface area contributed by atoms with Gasteiger partial charge in [-0.15, -0.1) is 0 Å². The summed E-state index contributed by atoms with van der Waals surface area (Å²) >= 11 is 0. The molecule has 0 aliphatic heterocycles. The summed E-state index contributed by atoms with van der Waals surface area (Å²) in [5.41, 5.74) is 6.38. The smallest absolute Gasteiger partial charge is 0.330 e. The van der Waals surface area contributed by atoms with Gasteiger partial charge in [-0.3, -0.25) is 0 Å². The van der Waals surface area contributed by atoms with Gasteiger partial charge in [0.25, 0.3) is 0 Å². The Balaban J connectivity index is 3.03. The van der Waals surface area contributed by atoms with Crippen LogP contribution in [0, 0.1) is 0 Å². The van der Waals surface area contributed by atoms with Crippen LogP contribution in [0.1, 0.15) is 5.56 Å². The molecule has 0 spiro atoms. The van der Waals surface area contributed by atoms with E-state index in [1.165, 1.54) is 32.4 Å². The molecular weight excluding hydrogens is 210 g/mol. The fourth-order valence-corrected chi connectivity index (χ4v) is 1.14. The number of carbonyl (C=O) groups excluding carboxylic acids is 1. The largest absolute Gasteiger partial charge is 0.503 e. The Bertz CT molecular complexity index is 426. The lowest BCUT2D eigenvalue weighted by molar-refractivity contribution is -0.134. The summed E-state index contributed by atoms with van der Waals surface area (Å²) in [6, 6.07) is 3.09. The van der Waals surface area contributed by atoms with Crippen LogP contribution in [-0.4, -0.2) is 25.3 Å². The van der Waals surface area contributed by atoms with Crippen molar-refractivity contribution in [3.63, 3.8) is 0 Å². The molecule has 0 saturated heterocycles. The van der Waals surface area contributed by atoms with Crippen LogP contribution in [0.15, 0.2) is 18.2 Å². The Hall–Kier alpha value is -2.17. The number of hydrogen-bond donors (Lipinski definition) is 2. The average Bonchev–Trinajstić information content (AvgIpc) is 2.29. The lowest BCUT2D eigenvalue weighted by Crippen LogP contribution is -1.94. The predicted octanol–water partition coefficient (Wildman–Crippen LogP) is 1.17. The van der Waals surface area contributed by atoms with Gasteiger partial charge >= 0.3 is 5.97 Å². The number of hydrogen-bond acceptors (Lipinski definition) is 5. The molecule has 0 saturated carbocycles. The van der Waals surface area contributed by atoms with E-state index in [9.17, 15) is 9.90 Å².